The first kappa shape index (κ1) is 14.4. The van der Waals surface area contributed by atoms with Gasteiger partial charge in [0.25, 0.3) is 0 Å². The van der Waals surface area contributed by atoms with Crippen LogP contribution in [0, 0.1) is 6.92 Å². The fraction of sp³-hybridized carbons (Fsp3) is 0.625. The van der Waals surface area contributed by atoms with Crippen molar-refractivity contribution in [3.63, 3.8) is 0 Å². The number of hydrogen-bond acceptors (Lipinski definition) is 6. The van der Waals surface area contributed by atoms with Crippen LogP contribution in [0.25, 0.3) is 10.2 Å². The lowest BCUT2D eigenvalue weighted by molar-refractivity contribution is 0.170. The molecule has 1 fully saturated rings. The van der Waals surface area contributed by atoms with Crippen molar-refractivity contribution in [1.82, 2.24) is 9.97 Å². The quantitative estimate of drug-likeness (QED) is 0.883. The molecule has 118 valence electrons. The second kappa shape index (κ2) is 5.15. The summed E-state index contributed by atoms with van der Waals surface area (Å²) >= 11 is 1.84. The van der Waals surface area contributed by atoms with Gasteiger partial charge in [0, 0.05) is 23.5 Å². The van der Waals surface area contributed by atoms with Gasteiger partial charge < -0.3 is 15.7 Å². The van der Waals surface area contributed by atoms with Crippen LogP contribution in [0.1, 0.15) is 35.5 Å². The predicted molar refractivity (Wildman–Crippen MR) is 89.6 cm³/mol. The van der Waals surface area contributed by atoms with E-state index < -0.39 is 5.54 Å². The maximum atomic E-state index is 9.45. The number of piperidine rings is 1. The van der Waals surface area contributed by atoms with E-state index in [-0.39, 0.29) is 6.61 Å². The third-order valence-electron chi connectivity index (χ3n) is 5.03. The zero-order valence-corrected chi connectivity index (χ0v) is 13.7. The van der Waals surface area contributed by atoms with Crippen molar-refractivity contribution in [1.29, 1.82) is 0 Å². The van der Waals surface area contributed by atoms with Crippen molar-refractivity contribution >= 4 is 27.4 Å². The molecule has 1 aliphatic carbocycles. The molecule has 5 nitrogen and oxygen atoms in total. The Kier molecular flexibility index (Phi) is 3.36. The second-order valence-corrected chi connectivity index (χ2v) is 7.72. The molecule has 3 heterocycles. The highest BCUT2D eigenvalue weighted by atomic mass is 32.1. The average Bonchev–Trinajstić information content (AvgIpc) is 3.07. The van der Waals surface area contributed by atoms with Crippen LogP contribution in [-0.2, 0) is 12.8 Å². The van der Waals surface area contributed by atoms with Crippen molar-refractivity contribution < 1.29 is 5.11 Å². The lowest BCUT2D eigenvalue weighted by atomic mass is 9.89. The van der Waals surface area contributed by atoms with Crippen LogP contribution in [0.15, 0.2) is 0 Å². The monoisotopic (exact) mass is 318 g/mol. The number of nitrogens with two attached hydrogens (primary N) is 1. The summed E-state index contributed by atoms with van der Waals surface area (Å²) in [7, 11) is 0. The molecule has 0 unspecified atom stereocenters. The molecule has 0 aromatic carbocycles. The Labute approximate surface area is 134 Å². The summed E-state index contributed by atoms with van der Waals surface area (Å²) in [6.07, 6.45) is 5.20. The molecule has 2 aromatic rings. The normalized spacial score (nSPS) is 20.6. The van der Waals surface area contributed by atoms with Crippen LogP contribution in [0.3, 0.4) is 0 Å². The molecule has 0 bridgehead atoms. The molecule has 0 atom stereocenters. The van der Waals surface area contributed by atoms with Gasteiger partial charge in [0.2, 0.25) is 0 Å². The van der Waals surface area contributed by atoms with E-state index in [1.54, 1.807) is 0 Å². The highest BCUT2D eigenvalue weighted by Crippen LogP contribution is 2.41. The van der Waals surface area contributed by atoms with Gasteiger partial charge >= 0.3 is 0 Å². The lowest BCUT2D eigenvalue weighted by Crippen LogP contribution is -2.53. The molecule has 0 saturated carbocycles. The largest absolute Gasteiger partial charge is 0.394 e. The summed E-state index contributed by atoms with van der Waals surface area (Å²) in [5, 5.41) is 10.7. The number of nitrogens with zero attached hydrogens (tertiary/aromatic N) is 3. The molecule has 1 saturated heterocycles. The van der Waals surface area contributed by atoms with E-state index in [1.807, 2.05) is 18.3 Å². The fourth-order valence-corrected chi connectivity index (χ4v) is 4.93. The number of aromatic nitrogens is 2. The van der Waals surface area contributed by atoms with Crippen molar-refractivity contribution in [3.05, 3.63) is 16.3 Å². The number of anilines is 1. The minimum absolute atomic E-state index is 0.0624. The van der Waals surface area contributed by atoms with Crippen LogP contribution in [0.4, 0.5) is 5.82 Å². The first-order chi connectivity index (χ1) is 10.6. The molecule has 22 heavy (non-hydrogen) atoms. The van der Waals surface area contributed by atoms with E-state index in [4.69, 9.17) is 10.7 Å². The highest BCUT2D eigenvalue weighted by molar-refractivity contribution is 7.19. The summed E-state index contributed by atoms with van der Waals surface area (Å²) in [4.78, 5) is 14.4. The smallest absolute Gasteiger partial charge is 0.141 e. The van der Waals surface area contributed by atoms with Crippen LogP contribution in [0.5, 0.6) is 0 Å². The Morgan fingerprint density at radius 3 is 2.77 bits per heavy atom. The number of fused-ring (bicyclic) bond motifs is 3. The van der Waals surface area contributed by atoms with Crippen molar-refractivity contribution in [2.24, 2.45) is 5.73 Å². The number of aryl methyl sites for hydroxylation is 3. The van der Waals surface area contributed by atoms with Gasteiger partial charge in [-0.1, -0.05) is 0 Å². The van der Waals surface area contributed by atoms with E-state index in [1.165, 1.54) is 28.7 Å². The molecule has 1 aliphatic heterocycles. The molecule has 0 spiro atoms. The summed E-state index contributed by atoms with van der Waals surface area (Å²) in [5.74, 6) is 1.93. The number of hydrogen-bond donors (Lipinski definition) is 2. The van der Waals surface area contributed by atoms with E-state index in [0.29, 0.717) is 0 Å². The predicted octanol–water partition coefficient (Wildman–Crippen LogP) is 1.78. The van der Waals surface area contributed by atoms with Gasteiger partial charge in [0.1, 0.15) is 16.5 Å². The Hall–Kier alpha value is -1.24. The minimum atomic E-state index is -0.422. The van der Waals surface area contributed by atoms with Gasteiger partial charge in [-0.2, -0.15) is 0 Å². The molecule has 0 amide bonds. The summed E-state index contributed by atoms with van der Waals surface area (Å²) in [5.41, 5.74) is 7.26. The van der Waals surface area contributed by atoms with E-state index in [0.717, 1.165) is 48.8 Å². The second-order valence-electron chi connectivity index (χ2n) is 6.64. The SMILES string of the molecule is Cc1nc(N2CCC(N)(CO)CC2)c2c3c(sc2n1)CCC3. The first-order valence-electron chi connectivity index (χ1n) is 8.03. The fourth-order valence-electron chi connectivity index (χ4n) is 3.63. The third-order valence-corrected chi connectivity index (χ3v) is 6.22. The molecule has 0 radical (unpaired) electrons. The van der Waals surface area contributed by atoms with Crippen LogP contribution in [0.2, 0.25) is 0 Å². The van der Waals surface area contributed by atoms with Gasteiger partial charge in [-0.3, -0.25) is 0 Å². The molecular weight excluding hydrogens is 296 g/mol. The van der Waals surface area contributed by atoms with E-state index in [9.17, 15) is 5.11 Å². The highest BCUT2D eigenvalue weighted by Gasteiger charge is 2.32. The zero-order valence-electron chi connectivity index (χ0n) is 12.9. The maximum Gasteiger partial charge on any atom is 0.141 e. The summed E-state index contributed by atoms with van der Waals surface area (Å²) in [6, 6.07) is 0. The Balaban J connectivity index is 1.75. The summed E-state index contributed by atoms with van der Waals surface area (Å²) in [6.45, 7) is 3.74. The lowest BCUT2D eigenvalue weighted by Gasteiger charge is -2.38. The first-order valence-corrected chi connectivity index (χ1v) is 8.85. The zero-order chi connectivity index (χ0) is 15.3. The molecular formula is C16H22N4OS. The standard InChI is InChI=1S/C16H22N4OS/c1-10-18-14(20-7-5-16(17,9-21)6-8-20)13-11-3-2-4-12(11)22-15(13)19-10/h21H,2-9,17H2,1H3. The Morgan fingerprint density at radius 1 is 1.27 bits per heavy atom. The number of aliphatic hydroxyl groups is 1. The van der Waals surface area contributed by atoms with E-state index in [2.05, 4.69) is 9.88 Å². The summed E-state index contributed by atoms with van der Waals surface area (Å²) < 4.78 is 0. The van der Waals surface area contributed by atoms with Gasteiger partial charge in [0.05, 0.1) is 12.0 Å². The van der Waals surface area contributed by atoms with Crippen LogP contribution in [-0.4, -0.2) is 40.3 Å². The van der Waals surface area contributed by atoms with Gasteiger partial charge in [-0.05, 0) is 44.6 Å². The molecule has 2 aliphatic rings. The van der Waals surface area contributed by atoms with Crippen molar-refractivity contribution in [3.8, 4) is 0 Å². The van der Waals surface area contributed by atoms with Gasteiger partial charge in [0.15, 0.2) is 0 Å². The minimum Gasteiger partial charge on any atom is -0.394 e. The number of aliphatic hydroxyl groups excluding tert-OH is 1. The average molecular weight is 318 g/mol. The Morgan fingerprint density at radius 2 is 2.05 bits per heavy atom. The number of thiophene rings is 1. The molecule has 3 N–H and O–H groups in total. The van der Waals surface area contributed by atoms with Gasteiger partial charge in [-0.25, -0.2) is 9.97 Å². The maximum absolute atomic E-state index is 9.45. The number of rotatable bonds is 2. The van der Waals surface area contributed by atoms with Crippen LogP contribution >= 0.6 is 11.3 Å². The molecule has 2 aromatic heterocycles. The van der Waals surface area contributed by atoms with Gasteiger partial charge in [-0.15, -0.1) is 11.3 Å². The van der Waals surface area contributed by atoms with Crippen molar-refractivity contribution in [2.75, 3.05) is 24.6 Å². The molecule has 6 heteroatoms. The van der Waals surface area contributed by atoms with Crippen LogP contribution < -0.4 is 10.6 Å². The Bertz CT molecular complexity index is 718. The molecule has 4 rings (SSSR count). The third kappa shape index (κ3) is 2.21. The van der Waals surface area contributed by atoms with E-state index >= 15 is 0 Å². The topological polar surface area (TPSA) is 75.3 Å². The van der Waals surface area contributed by atoms with Crippen molar-refractivity contribution in [2.45, 2.75) is 44.6 Å².